The van der Waals surface area contributed by atoms with Gasteiger partial charge >= 0.3 is 0 Å². The van der Waals surface area contributed by atoms with Gasteiger partial charge in [-0.3, -0.25) is 15.0 Å². The first-order chi connectivity index (χ1) is 11.9. The molecule has 5 heteroatoms. The van der Waals surface area contributed by atoms with Crippen LogP contribution in [0.1, 0.15) is 22.8 Å². The number of ether oxygens (including phenoxy) is 2. The lowest BCUT2D eigenvalue weighted by Gasteiger charge is -2.07. The maximum Gasteiger partial charge on any atom is 0.0893 e. The van der Waals surface area contributed by atoms with Gasteiger partial charge in [-0.2, -0.15) is 0 Å². The Morgan fingerprint density at radius 2 is 1.00 bits per heavy atom. The molecule has 0 aromatic carbocycles. The molecule has 3 aromatic rings. The lowest BCUT2D eigenvalue weighted by Crippen LogP contribution is -2.02. The number of hydrogen-bond acceptors (Lipinski definition) is 5. The van der Waals surface area contributed by atoms with Crippen molar-refractivity contribution < 1.29 is 9.47 Å². The van der Waals surface area contributed by atoms with Crippen LogP contribution in [-0.4, -0.2) is 15.0 Å². The Labute approximate surface area is 141 Å². The summed E-state index contributed by atoms with van der Waals surface area (Å²) in [5.41, 5.74) is 3.58. The van der Waals surface area contributed by atoms with Crippen molar-refractivity contribution >= 4 is 0 Å². The average Bonchev–Trinajstić information content (AvgIpc) is 2.64. The summed E-state index contributed by atoms with van der Waals surface area (Å²) in [6.45, 7) is 1.85. The summed E-state index contributed by atoms with van der Waals surface area (Å²) < 4.78 is 11.3. The summed E-state index contributed by atoms with van der Waals surface area (Å²) in [6, 6.07) is 17.4. The monoisotopic (exact) mass is 321 g/mol. The molecular formula is C19H19N3O2. The molecule has 0 unspecified atom stereocenters. The summed E-state index contributed by atoms with van der Waals surface area (Å²) in [5, 5.41) is 0. The Morgan fingerprint density at radius 3 is 1.46 bits per heavy atom. The zero-order chi connectivity index (χ0) is 16.5. The molecule has 0 saturated carbocycles. The van der Waals surface area contributed by atoms with Crippen LogP contribution in [-0.2, 0) is 35.9 Å². The fourth-order valence-corrected chi connectivity index (χ4v) is 2.18. The Morgan fingerprint density at radius 1 is 0.542 bits per heavy atom. The first kappa shape index (κ1) is 16.2. The van der Waals surface area contributed by atoms with Crippen molar-refractivity contribution in [2.45, 2.75) is 26.4 Å². The van der Waals surface area contributed by atoms with E-state index in [0.29, 0.717) is 26.4 Å². The third kappa shape index (κ3) is 5.22. The summed E-state index contributed by atoms with van der Waals surface area (Å²) in [5.74, 6) is 0. The van der Waals surface area contributed by atoms with Gasteiger partial charge < -0.3 is 9.47 Å². The quantitative estimate of drug-likeness (QED) is 0.637. The number of aromatic nitrogens is 3. The molecule has 0 fully saturated rings. The van der Waals surface area contributed by atoms with Crippen LogP contribution in [0.15, 0.2) is 67.0 Å². The fourth-order valence-electron chi connectivity index (χ4n) is 2.18. The third-order valence-corrected chi connectivity index (χ3v) is 3.32. The molecule has 122 valence electrons. The molecule has 3 rings (SSSR count). The minimum atomic E-state index is 0.449. The van der Waals surface area contributed by atoms with E-state index in [4.69, 9.17) is 9.47 Å². The summed E-state index contributed by atoms with van der Waals surface area (Å²) in [6.07, 6.45) is 3.52. The predicted molar refractivity (Wildman–Crippen MR) is 89.7 cm³/mol. The van der Waals surface area contributed by atoms with Gasteiger partial charge in [0.1, 0.15) is 0 Å². The average molecular weight is 321 g/mol. The molecule has 0 spiro atoms. The molecule has 0 aliphatic heterocycles. The maximum absolute atomic E-state index is 5.66. The van der Waals surface area contributed by atoms with Crippen molar-refractivity contribution in [2.24, 2.45) is 0 Å². The second kappa shape index (κ2) is 8.86. The number of rotatable bonds is 8. The van der Waals surface area contributed by atoms with Crippen molar-refractivity contribution in [3.63, 3.8) is 0 Å². The first-order valence-corrected chi connectivity index (χ1v) is 7.80. The van der Waals surface area contributed by atoms with E-state index in [-0.39, 0.29) is 0 Å². The number of pyridine rings is 3. The Bertz CT molecular complexity index is 675. The van der Waals surface area contributed by atoms with E-state index in [2.05, 4.69) is 15.0 Å². The van der Waals surface area contributed by atoms with Crippen LogP contribution >= 0.6 is 0 Å². The molecule has 0 saturated heterocycles. The van der Waals surface area contributed by atoms with E-state index in [1.54, 1.807) is 12.4 Å². The van der Waals surface area contributed by atoms with Gasteiger partial charge in [0.25, 0.3) is 0 Å². The van der Waals surface area contributed by atoms with Gasteiger partial charge in [-0.1, -0.05) is 18.2 Å². The first-order valence-electron chi connectivity index (χ1n) is 7.80. The molecule has 0 N–H and O–H groups in total. The number of hydrogen-bond donors (Lipinski definition) is 0. The van der Waals surface area contributed by atoms with Gasteiger partial charge in [-0.05, 0) is 36.4 Å². The lowest BCUT2D eigenvalue weighted by molar-refractivity contribution is 0.0956. The van der Waals surface area contributed by atoms with Crippen LogP contribution in [0.3, 0.4) is 0 Å². The molecule has 0 atom stereocenters. The van der Waals surface area contributed by atoms with Gasteiger partial charge in [-0.15, -0.1) is 0 Å². The Balaban J connectivity index is 1.45. The van der Waals surface area contributed by atoms with E-state index in [9.17, 15) is 0 Å². The normalized spacial score (nSPS) is 10.7. The summed E-state index contributed by atoms with van der Waals surface area (Å²) in [4.78, 5) is 13.0. The van der Waals surface area contributed by atoms with Crippen LogP contribution in [0.4, 0.5) is 0 Å². The van der Waals surface area contributed by atoms with Crippen molar-refractivity contribution in [3.05, 3.63) is 89.8 Å². The van der Waals surface area contributed by atoms with Crippen LogP contribution in [0.2, 0.25) is 0 Å². The minimum absolute atomic E-state index is 0.449. The molecule has 0 aliphatic rings. The smallest absolute Gasteiger partial charge is 0.0893 e. The van der Waals surface area contributed by atoms with E-state index in [1.807, 2.05) is 54.6 Å². The van der Waals surface area contributed by atoms with Crippen LogP contribution < -0.4 is 0 Å². The van der Waals surface area contributed by atoms with E-state index in [0.717, 1.165) is 22.8 Å². The second-order valence-electron chi connectivity index (χ2n) is 5.25. The van der Waals surface area contributed by atoms with E-state index < -0.39 is 0 Å². The molecule has 24 heavy (non-hydrogen) atoms. The highest BCUT2D eigenvalue weighted by molar-refractivity contribution is 5.10. The highest BCUT2D eigenvalue weighted by Crippen LogP contribution is 2.06. The van der Waals surface area contributed by atoms with Crippen molar-refractivity contribution in [3.8, 4) is 0 Å². The Kier molecular flexibility index (Phi) is 5.99. The topological polar surface area (TPSA) is 57.1 Å². The molecule has 5 nitrogen and oxygen atoms in total. The van der Waals surface area contributed by atoms with Gasteiger partial charge in [-0.25, -0.2) is 0 Å². The predicted octanol–water partition coefficient (Wildman–Crippen LogP) is 3.31. The standard InChI is InChI=1S/C19H19N3O2/c1-3-10-20-16(6-1)12-23-14-18-8-5-9-19(22-18)15-24-13-17-7-2-4-11-21-17/h1-11H,12-15H2. The Hall–Kier alpha value is -2.63. The van der Waals surface area contributed by atoms with E-state index >= 15 is 0 Å². The van der Waals surface area contributed by atoms with Gasteiger partial charge in [0.15, 0.2) is 0 Å². The molecule has 3 heterocycles. The van der Waals surface area contributed by atoms with Gasteiger partial charge in [0.05, 0.1) is 49.2 Å². The van der Waals surface area contributed by atoms with Crippen molar-refractivity contribution in [1.82, 2.24) is 15.0 Å². The molecule has 0 aliphatic carbocycles. The van der Waals surface area contributed by atoms with Crippen molar-refractivity contribution in [1.29, 1.82) is 0 Å². The van der Waals surface area contributed by atoms with Gasteiger partial charge in [0.2, 0.25) is 0 Å². The van der Waals surface area contributed by atoms with Crippen LogP contribution in [0, 0.1) is 0 Å². The van der Waals surface area contributed by atoms with Crippen LogP contribution in [0.5, 0.6) is 0 Å². The highest BCUT2D eigenvalue weighted by Gasteiger charge is 2.01. The van der Waals surface area contributed by atoms with E-state index in [1.165, 1.54) is 0 Å². The fraction of sp³-hybridized carbons (Fsp3) is 0.211. The lowest BCUT2D eigenvalue weighted by atomic mass is 10.3. The third-order valence-electron chi connectivity index (χ3n) is 3.32. The van der Waals surface area contributed by atoms with Gasteiger partial charge in [0, 0.05) is 12.4 Å². The molecule has 0 bridgehead atoms. The number of nitrogens with zero attached hydrogens (tertiary/aromatic N) is 3. The highest BCUT2D eigenvalue weighted by atomic mass is 16.5. The molecule has 0 amide bonds. The zero-order valence-electron chi connectivity index (χ0n) is 13.3. The maximum atomic E-state index is 5.66. The van der Waals surface area contributed by atoms with Crippen LogP contribution in [0.25, 0.3) is 0 Å². The SMILES string of the molecule is c1ccc(COCc2cccc(COCc3ccccn3)n2)nc1. The molecule has 0 radical (unpaired) electrons. The minimum Gasteiger partial charge on any atom is -0.369 e. The largest absolute Gasteiger partial charge is 0.369 e. The molecular weight excluding hydrogens is 302 g/mol. The van der Waals surface area contributed by atoms with Crippen molar-refractivity contribution in [2.75, 3.05) is 0 Å². The second-order valence-corrected chi connectivity index (χ2v) is 5.25. The summed E-state index contributed by atoms with van der Waals surface area (Å²) >= 11 is 0. The molecule has 3 aromatic heterocycles. The zero-order valence-corrected chi connectivity index (χ0v) is 13.3. The summed E-state index contributed by atoms with van der Waals surface area (Å²) in [7, 11) is 0.